The molecule has 1 amide bonds. The number of hydrogen-bond donors (Lipinski definition) is 1. The lowest BCUT2D eigenvalue weighted by atomic mass is 9.93. The van der Waals surface area contributed by atoms with Crippen molar-refractivity contribution in [1.82, 2.24) is 15.3 Å². The van der Waals surface area contributed by atoms with E-state index in [-0.39, 0.29) is 18.1 Å². The molecule has 1 N–H and O–H groups in total. The Morgan fingerprint density at radius 1 is 1.08 bits per heavy atom. The quantitative estimate of drug-likeness (QED) is 0.863. The Balaban J connectivity index is 1.40. The number of nitrogens with zero attached hydrogens (tertiary/aromatic N) is 2. The van der Waals surface area contributed by atoms with Crippen molar-refractivity contribution in [1.29, 1.82) is 0 Å². The standard InChI is InChI=1S/C21H27N3O2/c1-15-14-16(2)23-21(22-15)26-19-11-9-18(10-12-19)24-20(25)13-8-17-6-4-3-5-7-17/h3-7,14,18-19H,8-13H2,1-2H3,(H,24,25). The predicted molar refractivity (Wildman–Crippen MR) is 101 cm³/mol. The molecule has 5 heteroatoms. The molecule has 1 fully saturated rings. The third-order valence-electron chi connectivity index (χ3n) is 4.76. The van der Waals surface area contributed by atoms with Gasteiger partial charge in [0.15, 0.2) is 0 Å². The van der Waals surface area contributed by atoms with E-state index in [1.807, 2.05) is 38.1 Å². The second kappa shape index (κ2) is 8.79. The maximum Gasteiger partial charge on any atom is 0.317 e. The van der Waals surface area contributed by atoms with E-state index in [2.05, 4.69) is 27.4 Å². The number of ether oxygens (including phenoxy) is 1. The van der Waals surface area contributed by atoms with Crippen LogP contribution >= 0.6 is 0 Å². The molecule has 0 saturated heterocycles. The number of amides is 1. The van der Waals surface area contributed by atoms with Gasteiger partial charge in [0, 0.05) is 23.9 Å². The normalized spacial score (nSPS) is 19.8. The molecule has 1 saturated carbocycles. The van der Waals surface area contributed by atoms with E-state index in [0.29, 0.717) is 12.4 Å². The first-order valence-electron chi connectivity index (χ1n) is 9.41. The van der Waals surface area contributed by atoms with Crippen LogP contribution in [0.4, 0.5) is 0 Å². The molecule has 0 unspecified atom stereocenters. The number of rotatable bonds is 6. The maximum absolute atomic E-state index is 12.2. The average Bonchev–Trinajstić information content (AvgIpc) is 2.62. The smallest absolute Gasteiger partial charge is 0.317 e. The van der Waals surface area contributed by atoms with E-state index in [0.717, 1.165) is 43.5 Å². The molecule has 138 valence electrons. The van der Waals surface area contributed by atoms with E-state index in [4.69, 9.17) is 4.74 Å². The highest BCUT2D eigenvalue weighted by Crippen LogP contribution is 2.22. The van der Waals surface area contributed by atoms with E-state index in [9.17, 15) is 4.79 Å². The topological polar surface area (TPSA) is 64.1 Å². The van der Waals surface area contributed by atoms with Crippen LogP contribution in [0.2, 0.25) is 0 Å². The van der Waals surface area contributed by atoms with Gasteiger partial charge in [-0.1, -0.05) is 30.3 Å². The summed E-state index contributed by atoms with van der Waals surface area (Å²) < 4.78 is 5.94. The fourth-order valence-corrected chi connectivity index (χ4v) is 3.42. The molecule has 0 atom stereocenters. The number of hydrogen-bond acceptors (Lipinski definition) is 4. The van der Waals surface area contributed by atoms with Gasteiger partial charge in [0.1, 0.15) is 6.10 Å². The fourth-order valence-electron chi connectivity index (χ4n) is 3.42. The summed E-state index contributed by atoms with van der Waals surface area (Å²) in [5.74, 6) is 0.135. The zero-order valence-corrected chi connectivity index (χ0v) is 15.6. The number of aryl methyl sites for hydroxylation is 3. The average molecular weight is 353 g/mol. The van der Waals surface area contributed by atoms with Gasteiger partial charge in [0.05, 0.1) is 0 Å². The summed E-state index contributed by atoms with van der Waals surface area (Å²) in [6, 6.07) is 12.8. The second-order valence-electron chi connectivity index (χ2n) is 7.08. The molecule has 0 radical (unpaired) electrons. The number of aromatic nitrogens is 2. The zero-order valence-electron chi connectivity index (χ0n) is 15.6. The Morgan fingerprint density at radius 3 is 2.38 bits per heavy atom. The molecule has 3 rings (SSSR count). The minimum Gasteiger partial charge on any atom is -0.460 e. The Kier molecular flexibility index (Phi) is 6.21. The van der Waals surface area contributed by atoms with Crippen LogP contribution in [0.15, 0.2) is 36.4 Å². The summed E-state index contributed by atoms with van der Waals surface area (Å²) in [6.45, 7) is 3.90. The van der Waals surface area contributed by atoms with E-state index in [1.165, 1.54) is 5.56 Å². The van der Waals surface area contributed by atoms with Crippen molar-refractivity contribution in [2.24, 2.45) is 0 Å². The van der Waals surface area contributed by atoms with Crippen LogP contribution in [0, 0.1) is 13.8 Å². The third-order valence-corrected chi connectivity index (χ3v) is 4.76. The van der Waals surface area contributed by atoms with Gasteiger partial charge in [-0.3, -0.25) is 4.79 Å². The fraction of sp³-hybridized carbons (Fsp3) is 0.476. The first-order valence-corrected chi connectivity index (χ1v) is 9.41. The number of nitrogens with one attached hydrogen (secondary N) is 1. The van der Waals surface area contributed by atoms with Crippen molar-refractivity contribution in [3.63, 3.8) is 0 Å². The van der Waals surface area contributed by atoms with Gasteiger partial charge < -0.3 is 10.1 Å². The van der Waals surface area contributed by atoms with Gasteiger partial charge in [-0.15, -0.1) is 0 Å². The highest BCUT2D eigenvalue weighted by Gasteiger charge is 2.24. The minimum atomic E-state index is 0.133. The highest BCUT2D eigenvalue weighted by atomic mass is 16.5. The molecule has 0 aliphatic heterocycles. The molecule has 1 aliphatic rings. The summed E-state index contributed by atoms with van der Waals surface area (Å²) in [7, 11) is 0. The molecule has 0 bridgehead atoms. The van der Waals surface area contributed by atoms with Crippen LogP contribution in [-0.4, -0.2) is 28.0 Å². The molecule has 2 aromatic rings. The SMILES string of the molecule is Cc1cc(C)nc(OC2CCC(NC(=O)CCc3ccccc3)CC2)n1. The Morgan fingerprint density at radius 2 is 1.73 bits per heavy atom. The lowest BCUT2D eigenvalue weighted by Gasteiger charge is -2.29. The predicted octanol–water partition coefficient (Wildman–Crippen LogP) is 3.53. The van der Waals surface area contributed by atoms with Gasteiger partial charge in [-0.25, -0.2) is 9.97 Å². The molecule has 1 aromatic heterocycles. The monoisotopic (exact) mass is 353 g/mol. The molecule has 26 heavy (non-hydrogen) atoms. The first kappa shape index (κ1) is 18.4. The minimum absolute atomic E-state index is 0.133. The number of benzene rings is 1. The van der Waals surface area contributed by atoms with Crippen molar-refractivity contribution >= 4 is 5.91 Å². The van der Waals surface area contributed by atoms with Crippen LogP contribution in [0.1, 0.15) is 49.1 Å². The summed E-state index contributed by atoms with van der Waals surface area (Å²) in [5.41, 5.74) is 3.05. The summed E-state index contributed by atoms with van der Waals surface area (Å²) in [6.07, 6.45) is 5.17. The van der Waals surface area contributed by atoms with Crippen molar-refractivity contribution in [2.75, 3.05) is 0 Å². The molecule has 1 aromatic carbocycles. The van der Waals surface area contributed by atoms with Crippen LogP contribution < -0.4 is 10.1 Å². The first-order chi connectivity index (χ1) is 12.6. The van der Waals surface area contributed by atoms with Gasteiger partial charge in [0.2, 0.25) is 5.91 Å². The lowest BCUT2D eigenvalue weighted by Crippen LogP contribution is -2.39. The summed E-state index contributed by atoms with van der Waals surface area (Å²) in [5, 5.41) is 3.17. The van der Waals surface area contributed by atoms with Crippen LogP contribution in [0.25, 0.3) is 0 Å². The van der Waals surface area contributed by atoms with Crippen LogP contribution in [-0.2, 0) is 11.2 Å². The van der Waals surface area contributed by atoms with Gasteiger partial charge in [-0.05, 0) is 57.6 Å². The number of carbonyl (C=O) groups excluding carboxylic acids is 1. The lowest BCUT2D eigenvalue weighted by molar-refractivity contribution is -0.122. The van der Waals surface area contributed by atoms with Crippen LogP contribution in [0.3, 0.4) is 0 Å². The molecular weight excluding hydrogens is 326 g/mol. The molecule has 0 spiro atoms. The largest absolute Gasteiger partial charge is 0.460 e. The maximum atomic E-state index is 12.2. The molecular formula is C21H27N3O2. The molecule has 1 aliphatic carbocycles. The van der Waals surface area contributed by atoms with Crippen LogP contribution in [0.5, 0.6) is 6.01 Å². The van der Waals surface area contributed by atoms with E-state index >= 15 is 0 Å². The Bertz CT molecular complexity index is 705. The number of carbonyl (C=O) groups is 1. The molecule has 5 nitrogen and oxygen atoms in total. The van der Waals surface area contributed by atoms with Crippen molar-refractivity contribution < 1.29 is 9.53 Å². The zero-order chi connectivity index (χ0) is 18.4. The van der Waals surface area contributed by atoms with Gasteiger partial charge in [-0.2, -0.15) is 0 Å². The Labute approximate surface area is 155 Å². The summed E-state index contributed by atoms with van der Waals surface area (Å²) >= 11 is 0. The van der Waals surface area contributed by atoms with Crippen molar-refractivity contribution in [2.45, 2.75) is 64.5 Å². The van der Waals surface area contributed by atoms with E-state index < -0.39 is 0 Å². The third kappa shape index (κ3) is 5.55. The molecule has 1 heterocycles. The van der Waals surface area contributed by atoms with Crippen molar-refractivity contribution in [3.8, 4) is 6.01 Å². The van der Waals surface area contributed by atoms with E-state index in [1.54, 1.807) is 0 Å². The van der Waals surface area contributed by atoms with Crippen molar-refractivity contribution in [3.05, 3.63) is 53.3 Å². The Hall–Kier alpha value is -2.43. The van der Waals surface area contributed by atoms with Gasteiger partial charge in [0.25, 0.3) is 0 Å². The summed E-state index contributed by atoms with van der Waals surface area (Å²) in [4.78, 5) is 20.9. The van der Waals surface area contributed by atoms with Gasteiger partial charge >= 0.3 is 6.01 Å². The highest BCUT2D eigenvalue weighted by molar-refractivity contribution is 5.76. The second-order valence-corrected chi connectivity index (χ2v) is 7.08.